The van der Waals surface area contributed by atoms with Gasteiger partial charge in [0.2, 0.25) is 6.34 Å². The van der Waals surface area contributed by atoms with Crippen LogP contribution in [0.15, 0.2) is 28.7 Å². The molecule has 2 aromatic rings. The van der Waals surface area contributed by atoms with Gasteiger partial charge in [0.15, 0.2) is 0 Å². The minimum absolute atomic E-state index is 1.02. The molecule has 0 radical (unpaired) electrons. The number of nitrogens with zero attached hydrogens (tertiary/aromatic N) is 2. The van der Waals surface area contributed by atoms with Crippen molar-refractivity contribution in [3.05, 3.63) is 56.6 Å². The van der Waals surface area contributed by atoms with Crippen LogP contribution in [0.1, 0.15) is 27.8 Å². The van der Waals surface area contributed by atoms with E-state index in [-0.39, 0.29) is 0 Å². The summed E-state index contributed by atoms with van der Waals surface area (Å²) in [5, 5.41) is 0. The van der Waals surface area contributed by atoms with Crippen LogP contribution in [0.2, 0.25) is 0 Å². The Hall–Kier alpha value is -1.61. The fraction of sp³-hybridized carbons (Fsp3) is 0.350. The molecule has 0 amide bonds. The molecule has 2 nitrogen and oxygen atoms in total. The molecule has 1 aliphatic rings. The molecular weight excluding hydrogens is 348 g/mol. The highest BCUT2D eigenvalue weighted by molar-refractivity contribution is 9.10. The third-order valence-corrected chi connectivity index (χ3v) is 4.98. The van der Waals surface area contributed by atoms with E-state index in [1.54, 1.807) is 0 Å². The second-order valence-corrected chi connectivity index (χ2v) is 7.55. The lowest BCUT2D eigenvalue weighted by Crippen LogP contribution is -2.20. The van der Waals surface area contributed by atoms with E-state index in [1.807, 2.05) is 0 Å². The highest BCUT2D eigenvalue weighted by Crippen LogP contribution is 2.31. The van der Waals surface area contributed by atoms with Crippen LogP contribution in [0.25, 0.3) is 0 Å². The molecule has 0 bridgehead atoms. The van der Waals surface area contributed by atoms with Crippen LogP contribution in [0.4, 0.5) is 11.4 Å². The van der Waals surface area contributed by atoms with Crippen LogP contribution >= 0.6 is 15.9 Å². The highest BCUT2D eigenvalue weighted by atomic mass is 79.9. The minimum Gasteiger partial charge on any atom is -0.229 e. The van der Waals surface area contributed by atoms with E-state index in [2.05, 4.69) is 90.6 Å². The van der Waals surface area contributed by atoms with Gasteiger partial charge in [-0.2, -0.15) is 0 Å². The lowest BCUT2D eigenvalue weighted by molar-refractivity contribution is -0.425. The Morgan fingerprint density at radius 1 is 0.870 bits per heavy atom. The molecule has 0 N–H and O–H groups in total. The molecule has 120 valence electrons. The van der Waals surface area contributed by atoms with Crippen molar-refractivity contribution >= 4 is 33.6 Å². The van der Waals surface area contributed by atoms with E-state index in [4.69, 9.17) is 0 Å². The molecule has 0 unspecified atom stereocenters. The van der Waals surface area contributed by atoms with Gasteiger partial charge in [0, 0.05) is 4.47 Å². The number of hydrogen-bond acceptors (Lipinski definition) is 1. The van der Waals surface area contributed by atoms with Crippen molar-refractivity contribution in [3.63, 3.8) is 0 Å². The lowest BCUT2D eigenvalue weighted by Gasteiger charge is -2.13. The van der Waals surface area contributed by atoms with E-state index in [1.165, 1.54) is 39.2 Å². The molecule has 0 atom stereocenters. The van der Waals surface area contributed by atoms with Gasteiger partial charge in [0.05, 0.1) is 0 Å². The standard InChI is InChI=1S/C20H24BrN2/c1-13-8-14(2)19(15(3)9-13)22-6-7-23(12-22)20-16(4)10-18(21)11-17(20)5/h8-12H,6-7H2,1-5H3/q+1. The Morgan fingerprint density at radius 3 is 2.00 bits per heavy atom. The first kappa shape index (κ1) is 16.3. The second-order valence-electron chi connectivity index (χ2n) is 6.64. The summed E-state index contributed by atoms with van der Waals surface area (Å²) in [6.45, 7) is 13.0. The molecule has 2 aromatic carbocycles. The highest BCUT2D eigenvalue weighted by Gasteiger charge is 2.27. The van der Waals surface area contributed by atoms with Crippen LogP contribution in [-0.4, -0.2) is 24.0 Å². The first-order chi connectivity index (χ1) is 10.9. The van der Waals surface area contributed by atoms with Gasteiger partial charge in [-0.15, -0.1) is 0 Å². The predicted octanol–water partition coefficient (Wildman–Crippen LogP) is 5.18. The van der Waals surface area contributed by atoms with E-state index < -0.39 is 0 Å². The fourth-order valence-corrected chi connectivity index (χ4v) is 4.51. The Kier molecular flexibility index (Phi) is 4.33. The minimum atomic E-state index is 1.02. The predicted molar refractivity (Wildman–Crippen MR) is 102 cm³/mol. The molecule has 1 aliphatic heterocycles. The molecule has 0 aliphatic carbocycles. The van der Waals surface area contributed by atoms with Crippen molar-refractivity contribution in [2.24, 2.45) is 0 Å². The van der Waals surface area contributed by atoms with Crippen LogP contribution in [0.5, 0.6) is 0 Å². The fourth-order valence-electron chi connectivity index (χ4n) is 3.82. The van der Waals surface area contributed by atoms with Gasteiger partial charge in [-0.1, -0.05) is 33.6 Å². The van der Waals surface area contributed by atoms with Crippen LogP contribution in [0, 0.1) is 34.6 Å². The summed E-state index contributed by atoms with van der Waals surface area (Å²) >= 11 is 3.59. The van der Waals surface area contributed by atoms with Crippen LogP contribution in [-0.2, 0) is 0 Å². The van der Waals surface area contributed by atoms with Crippen molar-refractivity contribution in [2.45, 2.75) is 34.6 Å². The third kappa shape index (κ3) is 3.07. The third-order valence-electron chi connectivity index (χ3n) is 4.53. The smallest absolute Gasteiger partial charge is 0.229 e. The van der Waals surface area contributed by atoms with E-state index in [9.17, 15) is 0 Å². The second kappa shape index (κ2) is 6.12. The number of rotatable bonds is 2. The van der Waals surface area contributed by atoms with Gasteiger partial charge >= 0.3 is 0 Å². The Labute approximate surface area is 147 Å². The summed E-state index contributed by atoms with van der Waals surface area (Å²) in [4.78, 5) is 2.39. The quantitative estimate of drug-likeness (QED) is 0.658. The maximum absolute atomic E-state index is 3.59. The van der Waals surface area contributed by atoms with E-state index in [0.717, 1.165) is 17.6 Å². The first-order valence-electron chi connectivity index (χ1n) is 8.09. The topological polar surface area (TPSA) is 6.25 Å². The lowest BCUT2D eigenvalue weighted by atomic mass is 10.0. The summed E-state index contributed by atoms with van der Waals surface area (Å²) in [5.41, 5.74) is 9.34. The van der Waals surface area contributed by atoms with Crippen molar-refractivity contribution in [3.8, 4) is 0 Å². The normalized spacial score (nSPS) is 14.3. The van der Waals surface area contributed by atoms with Gasteiger partial charge in [-0.25, -0.2) is 9.48 Å². The maximum Gasteiger partial charge on any atom is 0.244 e. The molecule has 0 fully saturated rings. The molecule has 1 heterocycles. The van der Waals surface area contributed by atoms with Gasteiger partial charge in [-0.05, 0) is 69.0 Å². The zero-order chi connectivity index (χ0) is 16.7. The summed E-state index contributed by atoms with van der Waals surface area (Å²) in [6, 6.07) is 8.94. The van der Waals surface area contributed by atoms with Crippen molar-refractivity contribution in [2.75, 3.05) is 18.0 Å². The molecule has 3 heteroatoms. The largest absolute Gasteiger partial charge is 0.244 e. The summed E-state index contributed by atoms with van der Waals surface area (Å²) < 4.78 is 3.54. The number of halogens is 1. The SMILES string of the molecule is Cc1cc(C)c(N2C=[N+](c3c(C)cc(Br)cc3C)CC2)c(C)c1. The Bertz CT molecular complexity index is 759. The Morgan fingerprint density at radius 2 is 1.43 bits per heavy atom. The summed E-state index contributed by atoms with van der Waals surface area (Å²) in [6.07, 6.45) is 2.27. The summed E-state index contributed by atoms with van der Waals surface area (Å²) in [7, 11) is 0. The van der Waals surface area contributed by atoms with E-state index >= 15 is 0 Å². The average molecular weight is 372 g/mol. The van der Waals surface area contributed by atoms with Gasteiger partial charge in [0.25, 0.3) is 0 Å². The van der Waals surface area contributed by atoms with Crippen molar-refractivity contribution < 1.29 is 4.58 Å². The first-order valence-corrected chi connectivity index (χ1v) is 8.89. The zero-order valence-corrected chi connectivity index (χ0v) is 16.2. The number of aryl methyl sites for hydroxylation is 5. The molecule has 0 aromatic heterocycles. The average Bonchev–Trinajstić information content (AvgIpc) is 2.85. The Balaban J connectivity index is 2.03. The van der Waals surface area contributed by atoms with Crippen molar-refractivity contribution in [1.82, 2.24) is 0 Å². The summed E-state index contributed by atoms with van der Waals surface area (Å²) in [5.74, 6) is 0. The van der Waals surface area contributed by atoms with Gasteiger partial charge in [-0.3, -0.25) is 0 Å². The zero-order valence-electron chi connectivity index (χ0n) is 14.6. The molecule has 0 saturated heterocycles. The van der Waals surface area contributed by atoms with Crippen molar-refractivity contribution in [1.29, 1.82) is 0 Å². The molecular formula is C20H24BrN2+. The number of benzene rings is 2. The number of hydrogen-bond donors (Lipinski definition) is 0. The number of anilines is 1. The van der Waals surface area contributed by atoms with Crippen LogP contribution < -0.4 is 4.90 Å². The molecule has 23 heavy (non-hydrogen) atoms. The molecule has 0 saturated carbocycles. The van der Waals surface area contributed by atoms with Gasteiger partial charge < -0.3 is 0 Å². The van der Waals surface area contributed by atoms with Gasteiger partial charge in [0.1, 0.15) is 24.5 Å². The maximum atomic E-state index is 3.59. The molecule has 0 spiro atoms. The van der Waals surface area contributed by atoms with Crippen LogP contribution in [0.3, 0.4) is 0 Å². The van der Waals surface area contributed by atoms with E-state index in [0.29, 0.717) is 0 Å². The molecule has 3 rings (SSSR count). The monoisotopic (exact) mass is 371 g/mol.